The minimum Gasteiger partial charge on any atom is -0.493 e. The van der Waals surface area contributed by atoms with E-state index in [1.54, 1.807) is 0 Å². The normalized spacial score (nSPS) is 18.1. The highest BCUT2D eigenvalue weighted by molar-refractivity contribution is 9.10. The minimum atomic E-state index is 0.462. The molecule has 1 saturated heterocycles. The summed E-state index contributed by atoms with van der Waals surface area (Å²) in [7, 11) is 0. The van der Waals surface area contributed by atoms with E-state index in [1.807, 2.05) is 6.07 Å². The fraction of sp³-hybridized carbons (Fsp3) is 0.647. The first kappa shape index (κ1) is 16.8. The van der Waals surface area contributed by atoms with Gasteiger partial charge in [-0.25, -0.2) is 0 Å². The van der Waals surface area contributed by atoms with Crippen molar-refractivity contribution < 1.29 is 9.47 Å². The molecule has 0 spiro atoms. The van der Waals surface area contributed by atoms with E-state index in [-0.39, 0.29) is 0 Å². The van der Waals surface area contributed by atoms with Crippen LogP contribution in [0.5, 0.6) is 5.75 Å². The van der Waals surface area contributed by atoms with E-state index in [4.69, 9.17) is 9.47 Å². The number of rotatable bonds is 9. The van der Waals surface area contributed by atoms with Crippen molar-refractivity contribution >= 4 is 15.9 Å². The Bertz CT molecular complexity index is 419. The van der Waals surface area contributed by atoms with Crippen molar-refractivity contribution in [2.75, 3.05) is 19.8 Å². The second kappa shape index (κ2) is 9.44. The SMILES string of the molecule is CCCNCc1cc(Br)ccc1OCCCC1CCCO1. The summed E-state index contributed by atoms with van der Waals surface area (Å²) in [4.78, 5) is 0. The highest BCUT2D eigenvalue weighted by Gasteiger charge is 2.14. The molecule has 1 heterocycles. The molecular weight excluding hydrogens is 330 g/mol. The Morgan fingerprint density at radius 2 is 2.33 bits per heavy atom. The molecule has 4 heteroatoms. The zero-order valence-electron chi connectivity index (χ0n) is 12.9. The summed E-state index contributed by atoms with van der Waals surface area (Å²) in [6.07, 6.45) is 6.20. The van der Waals surface area contributed by atoms with Crippen molar-refractivity contribution in [1.29, 1.82) is 0 Å². The lowest BCUT2D eigenvalue weighted by molar-refractivity contribution is 0.0981. The van der Waals surface area contributed by atoms with Crippen molar-refractivity contribution in [3.63, 3.8) is 0 Å². The van der Waals surface area contributed by atoms with Crippen LogP contribution in [0, 0.1) is 0 Å². The van der Waals surface area contributed by atoms with E-state index in [9.17, 15) is 0 Å². The average Bonchev–Trinajstić information content (AvgIpc) is 2.99. The van der Waals surface area contributed by atoms with Crippen LogP contribution < -0.4 is 10.1 Å². The van der Waals surface area contributed by atoms with E-state index in [0.29, 0.717) is 6.10 Å². The standard InChI is InChI=1S/C17H26BrNO2/c1-2-9-19-13-14-12-15(18)7-8-17(14)21-11-4-6-16-5-3-10-20-16/h7-8,12,16,19H,2-6,9-11,13H2,1H3. The van der Waals surface area contributed by atoms with Crippen LogP contribution in [-0.4, -0.2) is 25.9 Å². The number of hydrogen-bond acceptors (Lipinski definition) is 3. The maximum atomic E-state index is 5.97. The Morgan fingerprint density at radius 1 is 1.43 bits per heavy atom. The molecule has 0 aromatic heterocycles. The second-order valence-corrected chi connectivity index (χ2v) is 6.47. The van der Waals surface area contributed by atoms with Gasteiger partial charge in [0.2, 0.25) is 0 Å². The van der Waals surface area contributed by atoms with Crippen molar-refractivity contribution in [3.05, 3.63) is 28.2 Å². The summed E-state index contributed by atoms with van der Waals surface area (Å²) in [5.74, 6) is 0.995. The van der Waals surface area contributed by atoms with Crippen LogP contribution >= 0.6 is 15.9 Å². The maximum Gasteiger partial charge on any atom is 0.123 e. The molecule has 1 fully saturated rings. The minimum absolute atomic E-state index is 0.462. The first-order valence-corrected chi connectivity index (χ1v) is 8.82. The van der Waals surface area contributed by atoms with Crippen LogP contribution in [0.15, 0.2) is 22.7 Å². The van der Waals surface area contributed by atoms with Gasteiger partial charge in [0.1, 0.15) is 5.75 Å². The van der Waals surface area contributed by atoms with Crippen molar-refractivity contribution in [2.24, 2.45) is 0 Å². The lowest BCUT2D eigenvalue weighted by atomic mass is 10.1. The van der Waals surface area contributed by atoms with Crippen LogP contribution in [0.4, 0.5) is 0 Å². The van der Waals surface area contributed by atoms with Gasteiger partial charge in [-0.2, -0.15) is 0 Å². The fourth-order valence-corrected chi connectivity index (χ4v) is 3.00. The molecular formula is C17H26BrNO2. The van der Waals surface area contributed by atoms with Gasteiger partial charge in [0.15, 0.2) is 0 Å². The summed E-state index contributed by atoms with van der Waals surface area (Å²) < 4.78 is 12.7. The van der Waals surface area contributed by atoms with E-state index >= 15 is 0 Å². The van der Waals surface area contributed by atoms with E-state index < -0.39 is 0 Å². The van der Waals surface area contributed by atoms with Crippen LogP contribution in [-0.2, 0) is 11.3 Å². The van der Waals surface area contributed by atoms with Crippen LogP contribution in [0.1, 0.15) is 44.6 Å². The van der Waals surface area contributed by atoms with Gasteiger partial charge in [0, 0.05) is 23.2 Å². The molecule has 1 aliphatic rings. The van der Waals surface area contributed by atoms with E-state index in [1.165, 1.54) is 18.4 Å². The van der Waals surface area contributed by atoms with Gasteiger partial charge in [-0.15, -0.1) is 0 Å². The fourth-order valence-electron chi connectivity index (χ4n) is 2.59. The molecule has 1 N–H and O–H groups in total. The lowest BCUT2D eigenvalue weighted by Crippen LogP contribution is -2.15. The first-order chi connectivity index (χ1) is 10.3. The molecule has 1 unspecified atom stereocenters. The summed E-state index contributed by atoms with van der Waals surface area (Å²) in [6, 6.07) is 6.23. The molecule has 1 aliphatic heterocycles. The van der Waals surface area contributed by atoms with Crippen LogP contribution in [0.3, 0.4) is 0 Å². The summed E-state index contributed by atoms with van der Waals surface area (Å²) in [5, 5.41) is 3.43. The largest absolute Gasteiger partial charge is 0.493 e. The van der Waals surface area contributed by atoms with Crippen molar-refractivity contribution in [2.45, 2.75) is 51.7 Å². The third-order valence-corrected chi connectivity index (χ3v) is 4.21. The predicted molar refractivity (Wildman–Crippen MR) is 89.8 cm³/mol. The Balaban J connectivity index is 1.77. The van der Waals surface area contributed by atoms with Gasteiger partial charge in [-0.1, -0.05) is 22.9 Å². The van der Waals surface area contributed by atoms with E-state index in [0.717, 1.165) is 55.8 Å². The van der Waals surface area contributed by atoms with Gasteiger partial charge in [0.05, 0.1) is 12.7 Å². The van der Waals surface area contributed by atoms with E-state index in [2.05, 4.69) is 40.3 Å². The Kier molecular flexibility index (Phi) is 7.54. The molecule has 118 valence electrons. The lowest BCUT2D eigenvalue weighted by Gasteiger charge is -2.14. The van der Waals surface area contributed by atoms with Gasteiger partial charge < -0.3 is 14.8 Å². The predicted octanol–water partition coefficient (Wildman–Crippen LogP) is 4.29. The highest BCUT2D eigenvalue weighted by atomic mass is 79.9. The van der Waals surface area contributed by atoms with Crippen molar-refractivity contribution in [3.8, 4) is 5.75 Å². The molecule has 3 nitrogen and oxygen atoms in total. The zero-order chi connectivity index (χ0) is 14.9. The quantitative estimate of drug-likeness (QED) is 0.670. The van der Waals surface area contributed by atoms with Crippen molar-refractivity contribution in [1.82, 2.24) is 5.32 Å². The molecule has 0 bridgehead atoms. The number of nitrogens with one attached hydrogen (secondary N) is 1. The number of ether oxygens (including phenoxy) is 2. The van der Waals surface area contributed by atoms with Gasteiger partial charge in [-0.05, 0) is 56.8 Å². The summed E-state index contributed by atoms with van der Waals surface area (Å²) in [6.45, 7) is 5.77. The highest BCUT2D eigenvalue weighted by Crippen LogP contribution is 2.24. The summed E-state index contributed by atoms with van der Waals surface area (Å²) in [5.41, 5.74) is 1.22. The Hall–Kier alpha value is -0.580. The monoisotopic (exact) mass is 355 g/mol. The van der Waals surface area contributed by atoms with Crippen LogP contribution in [0.25, 0.3) is 0 Å². The van der Waals surface area contributed by atoms with Gasteiger partial charge >= 0.3 is 0 Å². The molecule has 0 amide bonds. The molecule has 2 rings (SSSR count). The average molecular weight is 356 g/mol. The molecule has 0 radical (unpaired) electrons. The maximum absolute atomic E-state index is 5.97. The molecule has 0 saturated carbocycles. The molecule has 0 aliphatic carbocycles. The smallest absolute Gasteiger partial charge is 0.123 e. The molecule has 1 atom stereocenters. The van der Waals surface area contributed by atoms with Gasteiger partial charge in [-0.3, -0.25) is 0 Å². The second-order valence-electron chi connectivity index (χ2n) is 5.55. The number of halogens is 1. The third-order valence-electron chi connectivity index (χ3n) is 3.72. The topological polar surface area (TPSA) is 30.5 Å². The molecule has 1 aromatic carbocycles. The molecule has 21 heavy (non-hydrogen) atoms. The zero-order valence-corrected chi connectivity index (χ0v) is 14.5. The first-order valence-electron chi connectivity index (χ1n) is 8.03. The Labute approximate surface area is 136 Å². The third kappa shape index (κ3) is 5.97. The van der Waals surface area contributed by atoms with Gasteiger partial charge in [0.25, 0.3) is 0 Å². The summed E-state index contributed by atoms with van der Waals surface area (Å²) >= 11 is 3.53. The van der Waals surface area contributed by atoms with Crippen LogP contribution in [0.2, 0.25) is 0 Å². The molecule has 1 aromatic rings. The Morgan fingerprint density at radius 3 is 3.10 bits per heavy atom. The number of hydrogen-bond donors (Lipinski definition) is 1. The number of benzene rings is 1.